The molecule has 1 amide bonds. The van der Waals surface area contributed by atoms with Gasteiger partial charge in [-0.1, -0.05) is 34.8 Å². The molecule has 0 atom stereocenters. The lowest BCUT2D eigenvalue weighted by atomic mass is 10.1. The minimum absolute atomic E-state index is 0.194. The molecule has 1 aromatic heterocycles. The highest BCUT2D eigenvalue weighted by molar-refractivity contribution is 6.35. The van der Waals surface area contributed by atoms with Crippen LogP contribution < -0.4 is 15.4 Å². The predicted molar refractivity (Wildman–Crippen MR) is 103 cm³/mol. The zero-order valence-electron chi connectivity index (χ0n) is 14.0. The van der Waals surface area contributed by atoms with E-state index in [0.29, 0.717) is 29.0 Å². The molecule has 7 heteroatoms. The van der Waals surface area contributed by atoms with Crippen LogP contribution in [0.2, 0.25) is 10.0 Å². The van der Waals surface area contributed by atoms with Gasteiger partial charge in [0.2, 0.25) is 5.91 Å². The van der Waals surface area contributed by atoms with Crippen molar-refractivity contribution in [2.75, 3.05) is 25.5 Å². The maximum atomic E-state index is 11.9. The number of rotatable bonds is 7. The maximum Gasteiger partial charge on any atom is 0.244 e. The Morgan fingerprint density at radius 3 is 2.80 bits per heavy atom. The largest absolute Gasteiger partial charge is 0.496 e. The summed E-state index contributed by atoms with van der Waals surface area (Å²) in [6.45, 7) is 2.90. The third-order valence-corrected chi connectivity index (χ3v) is 3.82. The van der Waals surface area contributed by atoms with Crippen molar-refractivity contribution in [2.45, 2.75) is 6.92 Å². The number of aromatic nitrogens is 1. The number of anilines is 1. The first kappa shape index (κ1) is 19.1. The van der Waals surface area contributed by atoms with Crippen LogP contribution in [0.3, 0.4) is 0 Å². The van der Waals surface area contributed by atoms with Crippen molar-refractivity contribution < 1.29 is 9.53 Å². The van der Waals surface area contributed by atoms with E-state index in [1.165, 1.54) is 12.3 Å². The third kappa shape index (κ3) is 5.96. The third-order valence-electron chi connectivity index (χ3n) is 3.32. The lowest BCUT2D eigenvalue weighted by Crippen LogP contribution is -2.27. The van der Waals surface area contributed by atoms with E-state index in [1.54, 1.807) is 19.3 Å². The van der Waals surface area contributed by atoms with Crippen molar-refractivity contribution in [3.63, 3.8) is 0 Å². The molecule has 2 rings (SSSR count). The lowest BCUT2D eigenvalue weighted by Gasteiger charge is -2.08. The molecular weight excluding hydrogens is 361 g/mol. The molecule has 2 N–H and O–H groups in total. The van der Waals surface area contributed by atoms with E-state index in [1.807, 2.05) is 25.1 Å². The molecular formula is C18H19Cl2N3O2. The fraction of sp³-hybridized carbons (Fsp3) is 0.222. The van der Waals surface area contributed by atoms with Crippen LogP contribution in [-0.2, 0) is 4.79 Å². The van der Waals surface area contributed by atoms with Crippen LogP contribution in [-0.4, -0.2) is 31.1 Å². The SMILES string of the molecule is COc1ccc(C)cc1/C=C/C(=O)NCCNc1ncc(Cl)cc1Cl. The summed E-state index contributed by atoms with van der Waals surface area (Å²) in [5.74, 6) is 1.06. The molecule has 25 heavy (non-hydrogen) atoms. The van der Waals surface area contributed by atoms with Gasteiger partial charge in [0.1, 0.15) is 11.6 Å². The van der Waals surface area contributed by atoms with Crippen molar-refractivity contribution in [1.29, 1.82) is 0 Å². The van der Waals surface area contributed by atoms with Gasteiger partial charge in [0, 0.05) is 30.9 Å². The first-order valence-corrected chi connectivity index (χ1v) is 8.40. The van der Waals surface area contributed by atoms with E-state index in [4.69, 9.17) is 27.9 Å². The Bertz CT molecular complexity index is 779. The molecule has 1 aromatic carbocycles. The molecule has 0 aliphatic heterocycles. The van der Waals surface area contributed by atoms with Crippen LogP contribution in [0.5, 0.6) is 5.75 Å². The number of carbonyl (C=O) groups is 1. The van der Waals surface area contributed by atoms with Gasteiger partial charge < -0.3 is 15.4 Å². The summed E-state index contributed by atoms with van der Waals surface area (Å²) in [6, 6.07) is 7.39. The van der Waals surface area contributed by atoms with Gasteiger partial charge in [0.05, 0.1) is 17.2 Å². The molecule has 1 heterocycles. The first-order valence-electron chi connectivity index (χ1n) is 7.65. The molecule has 0 aliphatic carbocycles. The molecule has 0 radical (unpaired) electrons. The molecule has 0 saturated heterocycles. The molecule has 0 aliphatic rings. The smallest absolute Gasteiger partial charge is 0.244 e. The van der Waals surface area contributed by atoms with Crippen molar-refractivity contribution >= 4 is 41.0 Å². The Labute approximate surface area is 157 Å². The summed E-state index contributed by atoms with van der Waals surface area (Å²) >= 11 is 11.8. The van der Waals surface area contributed by atoms with Gasteiger partial charge in [-0.05, 0) is 31.2 Å². The fourth-order valence-electron chi connectivity index (χ4n) is 2.12. The molecule has 132 valence electrons. The van der Waals surface area contributed by atoms with Crippen molar-refractivity contribution in [3.8, 4) is 5.75 Å². The van der Waals surface area contributed by atoms with Crippen LogP contribution in [0.4, 0.5) is 5.82 Å². The van der Waals surface area contributed by atoms with Gasteiger partial charge in [-0.3, -0.25) is 4.79 Å². The van der Waals surface area contributed by atoms with Gasteiger partial charge in [-0.15, -0.1) is 0 Å². The van der Waals surface area contributed by atoms with Crippen LogP contribution in [0.15, 0.2) is 36.5 Å². The number of hydrogen-bond acceptors (Lipinski definition) is 4. The second-order valence-electron chi connectivity index (χ2n) is 5.28. The van der Waals surface area contributed by atoms with E-state index in [-0.39, 0.29) is 5.91 Å². The highest BCUT2D eigenvalue weighted by atomic mass is 35.5. The number of nitrogens with one attached hydrogen (secondary N) is 2. The van der Waals surface area contributed by atoms with Crippen molar-refractivity contribution in [3.05, 3.63) is 57.7 Å². The maximum absolute atomic E-state index is 11.9. The summed E-state index contributed by atoms with van der Waals surface area (Å²) in [6.07, 6.45) is 4.71. The monoisotopic (exact) mass is 379 g/mol. The molecule has 0 bridgehead atoms. The van der Waals surface area contributed by atoms with E-state index in [2.05, 4.69) is 15.6 Å². The van der Waals surface area contributed by atoms with Gasteiger partial charge in [-0.2, -0.15) is 0 Å². The first-order chi connectivity index (χ1) is 12.0. The van der Waals surface area contributed by atoms with Gasteiger partial charge >= 0.3 is 0 Å². The van der Waals surface area contributed by atoms with E-state index in [9.17, 15) is 4.79 Å². The number of amides is 1. The molecule has 5 nitrogen and oxygen atoms in total. The Morgan fingerprint density at radius 1 is 1.28 bits per heavy atom. The van der Waals surface area contributed by atoms with Crippen LogP contribution in [0, 0.1) is 6.92 Å². The minimum Gasteiger partial charge on any atom is -0.496 e. The standard InChI is InChI=1S/C18H19Cl2N3O2/c1-12-3-5-16(25-2)13(9-12)4-6-17(24)21-7-8-22-18-15(20)10-14(19)11-23-18/h3-6,9-11H,7-8H2,1-2H3,(H,21,24)(H,22,23)/b6-4+. The quantitative estimate of drug-likeness (QED) is 0.564. The second kappa shape index (κ2) is 9.30. The minimum atomic E-state index is -0.194. The number of pyridine rings is 1. The number of aryl methyl sites for hydroxylation is 1. The number of benzene rings is 1. The molecule has 0 spiro atoms. The van der Waals surface area contributed by atoms with Gasteiger partial charge in [-0.25, -0.2) is 4.98 Å². The summed E-state index contributed by atoms with van der Waals surface area (Å²) < 4.78 is 5.28. The van der Waals surface area contributed by atoms with E-state index in [0.717, 1.165) is 16.9 Å². The number of hydrogen-bond donors (Lipinski definition) is 2. The Balaban J connectivity index is 1.82. The number of nitrogens with zero attached hydrogens (tertiary/aromatic N) is 1. The van der Waals surface area contributed by atoms with Crippen LogP contribution in [0.25, 0.3) is 6.08 Å². The molecule has 0 unspecified atom stereocenters. The molecule has 0 saturated carbocycles. The van der Waals surface area contributed by atoms with E-state index >= 15 is 0 Å². The number of methoxy groups -OCH3 is 1. The summed E-state index contributed by atoms with van der Waals surface area (Å²) in [5, 5.41) is 6.72. The van der Waals surface area contributed by atoms with Gasteiger partial charge in [0.15, 0.2) is 0 Å². The van der Waals surface area contributed by atoms with Gasteiger partial charge in [0.25, 0.3) is 0 Å². The van der Waals surface area contributed by atoms with Crippen molar-refractivity contribution in [2.24, 2.45) is 0 Å². The Hall–Kier alpha value is -2.24. The summed E-state index contributed by atoms with van der Waals surface area (Å²) in [7, 11) is 1.60. The summed E-state index contributed by atoms with van der Waals surface area (Å²) in [5.41, 5.74) is 1.95. The zero-order chi connectivity index (χ0) is 18.2. The fourth-order valence-corrected chi connectivity index (χ4v) is 2.57. The average Bonchev–Trinajstić information content (AvgIpc) is 2.58. The lowest BCUT2D eigenvalue weighted by molar-refractivity contribution is -0.116. The number of carbonyl (C=O) groups excluding carboxylic acids is 1. The predicted octanol–water partition coefficient (Wildman–Crippen LogP) is 3.95. The normalized spacial score (nSPS) is 10.7. The molecule has 0 fully saturated rings. The Kier molecular flexibility index (Phi) is 7.10. The van der Waals surface area contributed by atoms with Crippen LogP contribution >= 0.6 is 23.2 Å². The highest BCUT2D eigenvalue weighted by Crippen LogP contribution is 2.22. The molecule has 2 aromatic rings. The topological polar surface area (TPSA) is 63.2 Å². The average molecular weight is 380 g/mol. The van der Waals surface area contributed by atoms with Crippen LogP contribution in [0.1, 0.15) is 11.1 Å². The highest BCUT2D eigenvalue weighted by Gasteiger charge is 2.03. The summed E-state index contributed by atoms with van der Waals surface area (Å²) in [4.78, 5) is 16.0. The van der Waals surface area contributed by atoms with Crippen molar-refractivity contribution in [1.82, 2.24) is 10.3 Å². The number of ether oxygens (including phenoxy) is 1. The Morgan fingerprint density at radius 2 is 2.08 bits per heavy atom. The van der Waals surface area contributed by atoms with E-state index < -0.39 is 0 Å². The second-order valence-corrected chi connectivity index (χ2v) is 6.12. The zero-order valence-corrected chi connectivity index (χ0v) is 15.5. The number of halogens is 2.